The van der Waals surface area contributed by atoms with Gasteiger partial charge in [0.25, 0.3) is 0 Å². The normalized spacial score (nSPS) is 29.5. The van der Waals surface area contributed by atoms with E-state index >= 15 is 0 Å². The number of hydrogen-bond acceptors (Lipinski definition) is 8. The summed E-state index contributed by atoms with van der Waals surface area (Å²) in [5.41, 5.74) is 0. The molecule has 0 amide bonds. The Morgan fingerprint density at radius 2 is 1.19 bits per heavy atom. The molecule has 4 aliphatic carbocycles. The highest BCUT2D eigenvalue weighted by Crippen LogP contribution is 2.46. The SMILES string of the molecule is CC(=O)OCC(COC(C)=O)CC1CC2C=CC1C2.CC(=O)OCC(OC(C)=O)C1CC2C=CC1C2. The third kappa shape index (κ3) is 8.49. The van der Waals surface area contributed by atoms with E-state index in [1.54, 1.807) is 0 Å². The molecule has 2 saturated carbocycles. The Hall–Kier alpha value is -2.64. The van der Waals surface area contributed by atoms with Crippen LogP contribution in [0.1, 0.15) is 59.8 Å². The highest BCUT2D eigenvalue weighted by Gasteiger charge is 2.42. The largest absolute Gasteiger partial charge is 0.465 e. The van der Waals surface area contributed by atoms with Gasteiger partial charge in [0.1, 0.15) is 12.7 Å². The average molecular weight is 505 g/mol. The van der Waals surface area contributed by atoms with Crippen LogP contribution in [0.5, 0.6) is 0 Å². The number of ether oxygens (including phenoxy) is 4. The van der Waals surface area contributed by atoms with E-state index in [1.165, 1.54) is 40.5 Å². The van der Waals surface area contributed by atoms with Crippen molar-refractivity contribution in [2.24, 2.45) is 41.4 Å². The molecule has 0 N–H and O–H groups in total. The molecule has 0 radical (unpaired) electrons. The van der Waals surface area contributed by atoms with Crippen molar-refractivity contribution < 1.29 is 38.1 Å². The molecule has 8 heteroatoms. The highest BCUT2D eigenvalue weighted by atomic mass is 16.6. The maximum Gasteiger partial charge on any atom is 0.303 e. The minimum absolute atomic E-state index is 0.116. The molecular formula is C28H40O8. The summed E-state index contributed by atoms with van der Waals surface area (Å²) in [4.78, 5) is 43.7. The summed E-state index contributed by atoms with van der Waals surface area (Å²) in [5, 5.41) is 0. The van der Waals surface area contributed by atoms with E-state index in [2.05, 4.69) is 24.3 Å². The van der Waals surface area contributed by atoms with Crippen LogP contribution in [0.3, 0.4) is 0 Å². The fourth-order valence-corrected chi connectivity index (χ4v) is 6.16. The van der Waals surface area contributed by atoms with E-state index in [9.17, 15) is 19.2 Å². The lowest BCUT2D eigenvalue weighted by molar-refractivity contribution is -0.160. The molecule has 0 aromatic rings. The zero-order valence-electron chi connectivity index (χ0n) is 21.9. The molecular weight excluding hydrogens is 464 g/mol. The zero-order chi connectivity index (χ0) is 26.2. The lowest BCUT2D eigenvalue weighted by atomic mass is 9.85. The zero-order valence-corrected chi connectivity index (χ0v) is 21.9. The number of carbonyl (C=O) groups is 4. The van der Waals surface area contributed by atoms with Gasteiger partial charge in [-0.1, -0.05) is 24.3 Å². The van der Waals surface area contributed by atoms with Crippen molar-refractivity contribution in [3.8, 4) is 0 Å². The number of carbonyl (C=O) groups excluding carboxylic acids is 4. The van der Waals surface area contributed by atoms with Crippen molar-refractivity contribution in [2.45, 2.75) is 65.9 Å². The maximum atomic E-state index is 11.1. The molecule has 0 heterocycles. The summed E-state index contributed by atoms with van der Waals surface area (Å²) >= 11 is 0. The smallest absolute Gasteiger partial charge is 0.303 e. The van der Waals surface area contributed by atoms with Gasteiger partial charge in [-0.05, 0) is 61.7 Å². The van der Waals surface area contributed by atoms with Crippen LogP contribution in [0.25, 0.3) is 0 Å². The monoisotopic (exact) mass is 504 g/mol. The van der Waals surface area contributed by atoms with Crippen LogP contribution in [0.4, 0.5) is 0 Å². The van der Waals surface area contributed by atoms with Crippen molar-refractivity contribution >= 4 is 23.9 Å². The van der Waals surface area contributed by atoms with Gasteiger partial charge in [-0.25, -0.2) is 0 Å². The first-order chi connectivity index (χ1) is 17.1. The van der Waals surface area contributed by atoms with Gasteiger partial charge < -0.3 is 18.9 Å². The van der Waals surface area contributed by atoms with Crippen LogP contribution in [0.2, 0.25) is 0 Å². The summed E-state index contributed by atoms with van der Waals surface area (Å²) in [7, 11) is 0. The minimum atomic E-state index is -0.333. The van der Waals surface area contributed by atoms with E-state index in [0.717, 1.165) is 25.2 Å². The molecule has 7 atom stereocenters. The van der Waals surface area contributed by atoms with Crippen LogP contribution >= 0.6 is 0 Å². The lowest BCUT2D eigenvalue weighted by Gasteiger charge is -2.27. The molecule has 4 aliphatic rings. The molecule has 4 rings (SSSR count). The summed E-state index contributed by atoms with van der Waals surface area (Å²) in [5.74, 6) is 2.35. The molecule has 0 saturated heterocycles. The first kappa shape index (κ1) is 27.9. The van der Waals surface area contributed by atoms with Gasteiger partial charge in [0.05, 0.1) is 13.2 Å². The van der Waals surface area contributed by atoms with Crippen LogP contribution in [0.15, 0.2) is 24.3 Å². The van der Waals surface area contributed by atoms with E-state index in [0.29, 0.717) is 42.8 Å². The van der Waals surface area contributed by atoms with Gasteiger partial charge in [0, 0.05) is 39.5 Å². The third-order valence-electron chi connectivity index (χ3n) is 7.67. The summed E-state index contributed by atoms with van der Waals surface area (Å²) in [6.45, 7) is 6.44. The number of esters is 4. The standard InChI is InChI=1S/C15H22O4.C13H18O4/c1-10(16)18-8-13(9-19-11(2)17)7-15-6-12-3-4-14(15)5-12;1-8(14)16-7-13(17-9(2)15)12-6-10-3-4-11(12)5-10/h3-4,12-15H,5-9H2,1-2H3;3-4,10-13H,5-7H2,1-2H3. The number of allylic oxidation sites excluding steroid dienone is 4. The number of hydrogen-bond donors (Lipinski definition) is 0. The van der Waals surface area contributed by atoms with Gasteiger partial charge in [-0.2, -0.15) is 0 Å². The predicted molar refractivity (Wildman–Crippen MR) is 131 cm³/mol. The van der Waals surface area contributed by atoms with Crippen molar-refractivity contribution in [1.82, 2.24) is 0 Å². The van der Waals surface area contributed by atoms with Crippen molar-refractivity contribution in [1.29, 1.82) is 0 Å². The molecule has 2 fully saturated rings. The second-order valence-corrected chi connectivity index (χ2v) is 10.6. The molecule has 7 unspecified atom stereocenters. The highest BCUT2D eigenvalue weighted by molar-refractivity contribution is 5.67. The van der Waals surface area contributed by atoms with E-state index in [4.69, 9.17) is 18.9 Å². The number of fused-ring (bicyclic) bond motifs is 4. The molecule has 8 nitrogen and oxygen atoms in total. The fourth-order valence-electron chi connectivity index (χ4n) is 6.16. The molecule has 4 bridgehead atoms. The third-order valence-corrected chi connectivity index (χ3v) is 7.67. The Bertz CT molecular complexity index is 844. The van der Waals surface area contributed by atoms with Gasteiger partial charge in [-0.3, -0.25) is 19.2 Å². The van der Waals surface area contributed by atoms with Gasteiger partial charge >= 0.3 is 23.9 Å². The number of rotatable bonds is 10. The molecule has 0 aromatic carbocycles. The molecule has 0 aromatic heterocycles. The van der Waals surface area contributed by atoms with E-state index in [1.807, 2.05) is 0 Å². The van der Waals surface area contributed by atoms with Crippen LogP contribution in [-0.2, 0) is 38.1 Å². The summed E-state index contributed by atoms with van der Waals surface area (Å²) in [6.07, 6.45) is 14.4. The summed E-state index contributed by atoms with van der Waals surface area (Å²) < 4.78 is 20.4. The lowest BCUT2D eigenvalue weighted by Crippen LogP contribution is -2.33. The van der Waals surface area contributed by atoms with E-state index in [-0.39, 0.29) is 42.5 Å². The predicted octanol–water partition coefficient (Wildman–Crippen LogP) is 4.02. The molecule has 36 heavy (non-hydrogen) atoms. The Morgan fingerprint density at radius 3 is 1.61 bits per heavy atom. The fraction of sp³-hybridized carbons (Fsp3) is 0.714. The Kier molecular flexibility index (Phi) is 10.1. The first-order valence-corrected chi connectivity index (χ1v) is 13.0. The Labute approximate surface area is 213 Å². The quantitative estimate of drug-likeness (QED) is 0.250. The average Bonchev–Trinajstić information content (AvgIpc) is 3.60. The van der Waals surface area contributed by atoms with Crippen molar-refractivity contribution in [3.05, 3.63) is 24.3 Å². The minimum Gasteiger partial charge on any atom is -0.465 e. The van der Waals surface area contributed by atoms with Crippen LogP contribution < -0.4 is 0 Å². The van der Waals surface area contributed by atoms with Gasteiger partial charge in [-0.15, -0.1) is 0 Å². The topological polar surface area (TPSA) is 105 Å². The van der Waals surface area contributed by atoms with Gasteiger partial charge in [0.2, 0.25) is 0 Å². The maximum absolute atomic E-state index is 11.1. The first-order valence-electron chi connectivity index (χ1n) is 13.0. The van der Waals surface area contributed by atoms with E-state index < -0.39 is 0 Å². The second-order valence-electron chi connectivity index (χ2n) is 10.6. The second kappa shape index (κ2) is 13.1. The molecule has 0 spiro atoms. The van der Waals surface area contributed by atoms with Crippen molar-refractivity contribution in [2.75, 3.05) is 19.8 Å². The Morgan fingerprint density at radius 1 is 0.667 bits per heavy atom. The summed E-state index contributed by atoms with van der Waals surface area (Å²) in [6, 6.07) is 0. The van der Waals surface area contributed by atoms with Crippen LogP contribution in [-0.4, -0.2) is 49.8 Å². The van der Waals surface area contributed by atoms with Crippen molar-refractivity contribution in [3.63, 3.8) is 0 Å². The Balaban J connectivity index is 0.000000202. The van der Waals surface area contributed by atoms with Crippen LogP contribution in [0, 0.1) is 41.4 Å². The molecule has 0 aliphatic heterocycles. The molecule has 200 valence electrons. The van der Waals surface area contributed by atoms with Gasteiger partial charge in [0.15, 0.2) is 0 Å².